The maximum Gasteiger partial charge on any atom is 0.0606 e. The van der Waals surface area contributed by atoms with Crippen LogP contribution in [-0.4, -0.2) is 31.3 Å². The smallest absolute Gasteiger partial charge is 0.0606 e. The second-order valence-electron chi connectivity index (χ2n) is 5.51. The molecule has 0 aliphatic rings. The van der Waals surface area contributed by atoms with Crippen LogP contribution < -0.4 is 10.2 Å². The maximum atomic E-state index is 9.25. The molecule has 1 rings (SSSR count). The SMILES string of the molecule is CCCN(CCO)c1ccc(Br)cc1CNCC(C)C. The molecular formula is C16H27BrN2O. The van der Waals surface area contributed by atoms with E-state index in [4.69, 9.17) is 0 Å². The van der Waals surface area contributed by atoms with Crippen molar-refractivity contribution in [3.05, 3.63) is 28.2 Å². The third-order valence-corrected chi connectivity index (χ3v) is 3.61. The van der Waals surface area contributed by atoms with Crippen molar-refractivity contribution in [2.75, 3.05) is 31.1 Å². The number of hydrogen-bond donors (Lipinski definition) is 2. The van der Waals surface area contributed by atoms with Crippen molar-refractivity contribution in [3.63, 3.8) is 0 Å². The zero-order valence-electron chi connectivity index (χ0n) is 12.8. The van der Waals surface area contributed by atoms with Crippen LogP contribution in [0.15, 0.2) is 22.7 Å². The highest BCUT2D eigenvalue weighted by molar-refractivity contribution is 9.10. The van der Waals surface area contributed by atoms with Crippen molar-refractivity contribution < 1.29 is 5.11 Å². The Morgan fingerprint density at radius 3 is 2.65 bits per heavy atom. The normalized spacial score (nSPS) is 11.1. The molecule has 0 aliphatic carbocycles. The lowest BCUT2D eigenvalue weighted by atomic mass is 10.1. The quantitative estimate of drug-likeness (QED) is 0.721. The first-order chi connectivity index (χ1) is 9.58. The maximum absolute atomic E-state index is 9.25. The van der Waals surface area contributed by atoms with E-state index in [0.717, 1.165) is 30.5 Å². The summed E-state index contributed by atoms with van der Waals surface area (Å²) in [6.45, 7) is 10.3. The number of halogens is 1. The molecule has 0 aromatic heterocycles. The minimum atomic E-state index is 0.189. The minimum absolute atomic E-state index is 0.189. The van der Waals surface area contributed by atoms with E-state index < -0.39 is 0 Å². The van der Waals surface area contributed by atoms with E-state index in [0.29, 0.717) is 12.5 Å². The van der Waals surface area contributed by atoms with Crippen LogP contribution in [0.4, 0.5) is 5.69 Å². The molecule has 0 heterocycles. The Labute approximate surface area is 131 Å². The molecule has 0 saturated heterocycles. The van der Waals surface area contributed by atoms with Gasteiger partial charge >= 0.3 is 0 Å². The van der Waals surface area contributed by atoms with Crippen LogP contribution in [0.25, 0.3) is 0 Å². The average Bonchev–Trinajstić information content (AvgIpc) is 2.38. The summed E-state index contributed by atoms with van der Waals surface area (Å²) >= 11 is 3.55. The predicted molar refractivity (Wildman–Crippen MR) is 90.3 cm³/mol. The third-order valence-electron chi connectivity index (χ3n) is 3.11. The van der Waals surface area contributed by atoms with Gasteiger partial charge in [-0.1, -0.05) is 36.7 Å². The topological polar surface area (TPSA) is 35.5 Å². The fraction of sp³-hybridized carbons (Fsp3) is 0.625. The van der Waals surface area contributed by atoms with Gasteiger partial charge in [-0.05, 0) is 42.6 Å². The molecular weight excluding hydrogens is 316 g/mol. The summed E-state index contributed by atoms with van der Waals surface area (Å²) < 4.78 is 1.10. The summed E-state index contributed by atoms with van der Waals surface area (Å²) in [5.74, 6) is 0.648. The Morgan fingerprint density at radius 2 is 2.05 bits per heavy atom. The molecule has 4 heteroatoms. The van der Waals surface area contributed by atoms with E-state index in [-0.39, 0.29) is 6.61 Å². The summed E-state index contributed by atoms with van der Waals surface area (Å²) in [5.41, 5.74) is 2.50. The van der Waals surface area contributed by atoms with Crippen molar-refractivity contribution >= 4 is 21.6 Å². The van der Waals surface area contributed by atoms with Crippen molar-refractivity contribution in [2.45, 2.75) is 33.7 Å². The van der Waals surface area contributed by atoms with E-state index in [1.54, 1.807) is 0 Å². The molecule has 20 heavy (non-hydrogen) atoms. The van der Waals surface area contributed by atoms with Gasteiger partial charge in [-0.2, -0.15) is 0 Å². The third kappa shape index (κ3) is 5.81. The molecule has 2 N–H and O–H groups in total. The summed E-state index contributed by atoms with van der Waals surface area (Å²) in [6, 6.07) is 6.38. The van der Waals surface area contributed by atoms with Gasteiger partial charge in [0, 0.05) is 29.8 Å². The summed E-state index contributed by atoms with van der Waals surface area (Å²) in [5, 5.41) is 12.8. The molecule has 114 valence electrons. The highest BCUT2D eigenvalue weighted by Gasteiger charge is 2.11. The summed E-state index contributed by atoms with van der Waals surface area (Å²) in [4.78, 5) is 2.26. The minimum Gasteiger partial charge on any atom is -0.395 e. The Hall–Kier alpha value is -0.580. The van der Waals surface area contributed by atoms with Crippen LogP contribution in [0, 0.1) is 5.92 Å². The van der Waals surface area contributed by atoms with Crippen LogP contribution in [0.1, 0.15) is 32.8 Å². The molecule has 0 atom stereocenters. The standard InChI is InChI=1S/C16H27BrN2O/c1-4-7-19(8-9-20)16-6-5-15(17)10-14(16)12-18-11-13(2)3/h5-6,10,13,18,20H,4,7-9,11-12H2,1-3H3. The molecule has 1 aromatic rings. The van der Waals surface area contributed by atoms with Crippen LogP contribution in [0.2, 0.25) is 0 Å². The molecule has 0 spiro atoms. The van der Waals surface area contributed by atoms with Gasteiger partial charge in [0.2, 0.25) is 0 Å². The Kier molecular flexibility index (Phi) is 8.19. The van der Waals surface area contributed by atoms with Gasteiger partial charge in [-0.15, -0.1) is 0 Å². The highest BCUT2D eigenvalue weighted by Crippen LogP contribution is 2.25. The average molecular weight is 343 g/mol. The molecule has 0 bridgehead atoms. The van der Waals surface area contributed by atoms with Crippen molar-refractivity contribution in [3.8, 4) is 0 Å². The van der Waals surface area contributed by atoms with Crippen LogP contribution in [0.3, 0.4) is 0 Å². The van der Waals surface area contributed by atoms with Crippen LogP contribution in [-0.2, 0) is 6.54 Å². The van der Waals surface area contributed by atoms with Gasteiger partial charge in [-0.25, -0.2) is 0 Å². The second kappa shape index (κ2) is 9.37. The monoisotopic (exact) mass is 342 g/mol. The highest BCUT2D eigenvalue weighted by atomic mass is 79.9. The number of hydrogen-bond acceptors (Lipinski definition) is 3. The summed E-state index contributed by atoms with van der Waals surface area (Å²) in [6.07, 6.45) is 1.08. The van der Waals surface area contributed by atoms with E-state index in [2.05, 4.69) is 65.1 Å². The molecule has 0 saturated carbocycles. The predicted octanol–water partition coefficient (Wildman–Crippen LogP) is 3.40. The number of rotatable bonds is 9. The number of nitrogens with one attached hydrogen (secondary N) is 1. The lowest BCUT2D eigenvalue weighted by molar-refractivity contribution is 0.301. The van der Waals surface area contributed by atoms with Gasteiger partial charge in [0.1, 0.15) is 0 Å². The van der Waals surface area contributed by atoms with Crippen molar-refractivity contribution in [2.24, 2.45) is 5.92 Å². The molecule has 0 amide bonds. The van der Waals surface area contributed by atoms with Gasteiger partial charge in [0.15, 0.2) is 0 Å². The zero-order valence-corrected chi connectivity index (χ0v) is 14.4. The largest absolute Gasteiger partial charge is 0.395 e. The van der Waals surface area contributed by atoms with Crippen molar-refractivity contribution in [1.82, 2.24) is 5.32 Å². The molecule has 3 nitrogen and oxygen atoms in total. The fourth-order valence-corrected chi connectivity index (χ4v) is 2.65. The first-order valence-corrected chi connectivity index (χ1v) is 8.22. The van der Waals surface area contributed by atoms with Gasteiger partial charge in [-0.3, -0.25) is 0 Å². The number of nitrogens with zero attached hydrogens (tertiary/aromatic N) is 1. The molecule has 0 radical (unpaired) electrons. The van der Waals surface area contributed by atoms with Crippen LogP contribution in [0.5, 0.6) is 0 Å². The van der Waals surface area contributed by atoms with Gasteiger partial charge in [0.25, 0.3) is 0 Å². The van der Waals surface area contributed by atoms with Gasteiger partial charge < -0.3 is 15.3 Å². The van der Waals surface area contributed by atoms with Gasteiger partial charge in [0.05, 0.1) is 6.61 Å². The molecule has 1 aromatic carbocycles. The lowest BCUT2D eigenvalue weighted by Crippen LogP contribution is -2.29. The van der Waals surface area contributed by atoms with E-state index in [9.17, 15) is 5.11 Å². The Bertz CT molecular complexity index is 390. The number of benzene rings is 1. The van der Waals surface area contributed by atoms with E-state index in [1.807, 2.05) is 0 Å². The summed E-state index contributed by atoms with van der Waals surface area (Å²) in [7, 11) is 0. The van der Waals surface area contributed by atoms with E-state index in [1.165, 1.54) is 11.3 Å². The molecule has 0 unspecified atom stereocenters. The zero-order chi connectivity index (χ0) is 15.0. The van der Waals surface area contributed by atoms with Crippen LogP contribution >= 0.6 is 15.9 Å². The number of anilines is 1. The Balaban J connectivity index is 2.86. The van der Waals surface area contributed by atoms with E-state index >= 15 is 0 Å². The fourth-order valence-electron chi connectivity index (χ4n) is 2.24. The second-order valence-corrected chi connectivity index (χ2v) is 6.42. The first-order valence-electron chi connectivity index (χ1n) is 7.43. The lowest BCUT2D eigenvalue weighted by Gasteiger charge is -2.26. The first kappa shape index (κ1) is 17.5. The molecule has 0 fully saturated rings. The Morgan fingerprint density at radius 1 is 1.30 bits per heavy atom. The van der Waals surface area contributed by atoms with Crippen molar-refractivity contribution in [1.29, 1.82) is 0 Å². The number of aliphatic hydroxyl groups is 1. The number of aliphatic hydroxyl groups excluding tert-OH is 1. The molecule has 0 aliphatic heterocycles.